The van der Waals surface area contributed by atoms with Gasteiger partial charge in [-0.05, 0) is 6.92 Å². The van der Waals surface area contributed by atoms with E-state index in [0.717, 1.165) is 10.9 Å². The van der Waals surface area contributed by atoms with Crippen molar-refractivity contribution in [3.63, 3.8) is 0 Å². The zero-order valence-electron chi connectivity index (χ0n) is 10.6. The van der Waals surface area contributed by atoms with E-state index < -0.39 is 41.3 Å². The number of H-pyrrole nitrogens is 1. The Morgan fingerprint density at radius 1 is 1.70 bits per heavy atom. The van der Waals surface area contributed by atoms with Gasteiger partial charge in [0.15, 0.2) is 11.8 Å². The monoisotopic (exact) mass is 282 g/mol. The van der Waals surface area contributed by atoms with Crippen LogP contribution in [0.3, 0.4) is 0 Å². The average Bonchev–Trinajstić information content (AvgIpc) is 2.64. The van der Waals surface area contributed by atoms with Gasteiger partial charge in [-0.3, -0.25) is 9.78 Å². The van der Waals surface area contributed by atoms with E-state index in [-0.39, 0.29) is 0 Å². The second-order valence-electron chi connectivity index (χ2n) is 4.60. The first-order valence-electron chi connectivity index (χ1n) is 5.77. The van der Waals surface area contributed by atoms with Crippen molar-refractivity contribution in [3.05, 3.63) is 27.0 Å². The molecule has 0 aliphatic carbocycles. The van der Waals surface area contributed by atoms with Crippen molar-refractivity contribution in [3.8, 4) is 12.3 Å². The molecule has 2 rings (SSSR count). The third-order valence-corrected chi connectivity index (χ3v) is 3.18. The van der Waals surface area contributed by atoms with Crippen molar-refractivity contribution < 1.29 is 14.9 Å². The van der Waals surface area contributed by atoms with E-state index >= 15 is 0 Å². The van der Waals surface area contributed by atoms with E-state index in [4.69, 9.17) is 16.9 Å². The lowest BCUT2D eigenvalue weighted by Crippen LogP contribution is -2.56. The topological polar surface area (TPSA) is 143 Å². The lowest BCUT2D eigenvalue weighted by Gasteiger charge is -2.26. The van der Waals surface area contributed by atoms with Gasteiger partial charge in [0.2, 0.25) is 0 Å². The lowest BCUT2D eigenvalue weighted by atomic mass is 9.90. The first-order chi connectivity index (χ1) is 9.31. The number of nitrogens with one attached hydrogen (secondary N) is 1. The number of aliphatic hydroxyl groups excluding tert-OH is 2. The van der Waals surface area contributed by atoms with E-state index in [1.165, 1.54) is 6.92 Å². The zero-order chi connectivity index (χ0) is 15.1. The standard InChI is InChI=1S/C11H14N4O5/c1-3-11(12)8(18)7(5(2)16)20-9(11)15-10(19)14-6(17)4-13-15/h1,4-5,7-9,16,18H,12H2,2H3,(H,14,17,19)/t5-,7+,8-,9+,11?/m0/s1. The summed E-state index contributed by atoms with van der Waals surface area (Å²) in [4.78, 5) is 24.7. The van der Waals surface area contributed by atoms with Gasteiger partial charge < -0.3 is 20.7 Å². The van der Waals surface area contributed by atoms with Crippen LogP contribution in [0.1, 0.15) is 13.2 Å². The summed E-state index contributed by atoms with van der Waals surface area (Å²) in [5.41, 5.74) is 2.55. The summed E-state index contributed by atoms with van der Waals surface area (Å²) in [6.07, 6.45) is 1.30. The van der Waals surface area contributed by atoms with Crippen LogP contribution in [-0.2, 0) is 4.74 Å². The molecule has 0 aromatic carbocycles. The van der Waals surface area contributed by atoms with E-state index in [2.05, 4.69) is 11.0 Å². The SMILES string of the molecule is C#CC1(N)[C@@H](O)[C@@H]([C@H](C)O)O[C@H]1n1ncc(=O)[nH]c1=O. The first-order valence-corrected chi connectivity index (χ1v) is 5.77. The van der Waals surface area contributed by atoms with Crippen molar-refractivity contribution in [2.75, 3.05) is 0 Å². The van der Waals surface area contributed by atoms with Gasteiger partial charge in [0.05, 0.1) is 6.10 Å². The minimum atomic E-state index is -1.77. The van der Waals surface area contributed by atoms with Crippen molar-refractivity contribution in [1.29, 1.82) is 0 Å². The normalized spacial score (nSPS) is 34.6. The van der Waals surface area contributed by atoms with Crippen LogP contribution in [-0.4, -0.2) is 48.8 Å². The van der Waals surface area contributed by atoms with Crippen LogP contribution in [0.5, 0.6) is 0 Å². The summed E-state index contributed by atoms with van der Waals surface area (Å²) in [5, 5.41) is 23.2. The van der Waals surface area contributed by atoms with Crippen LogP contribution in [0.15, 0.2) is 15.8 Å². The number of aliphatic hydroxyl groups is 2. The maximum atomic E-state index is 11.7. The van der Waals surface area contributed by atoms with E-state index in [9.17, 15) is 19.8 Å². The number of hydrogen-bond donors (Lipinski definition) is 4. The number of terminal acetylenes is 1. The molecule has 0 bridgehead atoms. The number of hydrogen-bond acceptors (Lipinski definition) is 7. The minimum absolute atomic E-state index is 0.694. The second kappa shape index (κ2) is 4.84. The predicted octanol–water partition coefficient (Wildman–Crippen LogP) is -3.10. The Labute approximate surface area is 113 Å². The summed E-state index contributed by atoms with van der Waals surface area (Å²) >= 11 is 0. The highest BCUT2D eigenvalue weighted by molar-refractivity contribution is 5.22. The van der Waals surface area contributed by atoms with Gasteiger partial charge in [0.1, 0.15) is 18.4 Å². The third kappa shape index (κ3) is 2.04. The third-order valence-electron chi connectivity index (χ3n) is 3.18. The van der Waals surface area contributed by atoms with Crippen molar-refractivity contribution in [2.24, 2.45) is 5.73 Å². The number of ether oxygens (including phenoxy) is 1. The molecule has 5 atom stereocenters. The van der Waals surface area contributed by atoms with Crippen molar-refractivity contribution in [2.45, 2.75) is 37.0 Å². The van der Waals surface area contributed by atoms with Gasteiger partial charge in [0, 0.05) is 0 Å². The molecule has 20 heavy (non-hydrogen) atoms. The molecule has 1 fully saturated rings. The van der Waals surface area contributed by atoms with Gasteiger partial charge in [-0.15, -0.1) is 6.42 Å². The van der Waals surface area contributed by atoms with Crippen LogP contribution in [0.4, 0.5) is 0 Å². The van der Waals surface area contributed by atoms with E-state index in [1.54, 1.807) is 0 Å². The van der Waals surface area contributed by atoms with Crippen LogP contribution < -0.4 is 17.0 Å². The molecule has 1 aliphatic rings. The van der Waals surface area contributed by atoms with Gasteiger partial charge in [-0.1, -0.05) is 5.92 Å². The quantitative estimate of drug-likeness (QED) is 0.421. The molecular weight excluding hydrogens is 268 g/mol. The number of rotatable bonds is 2. The Hall–Kier alpha value is -1.99. The number of nitrogens with zero attached hydrogens (tertiary/aromatic N) is 2. The van der Waals surface area contributed by atoms with Gasteiger partial charge in [-0.25, -0.2) is 4.79 Å². The molecule has 1 aliphatic heterocycles. The van der Waals surface area contributed by atoms with Crippen LogP contribution in [0.25, 0.3) is 0 Å². The van der Waals surface area contributed by atoms with Crippen molar-refractivity contribution >= 4 is 0 Å². The van der Waals surface area contributed by atoms with Gasteiger partial charge in [0.25, 0.3) is 5.56 Å². The Balaban J connectivity index is 2.53. The molecule has 9 heteroatoms. The molecule has 2 heterocycles. The molecular formula is C11H14N4O5. The molecule has 0 saturated carbocycles. The molecule has 9 nitrogen and oxygen atoms in total. The molecule has 1 aromatic heterocycles. The summed E-state index contributed by atoms with van der Waals surface area (Å²) < 4.78 is 6.09. The maximum Gasteiger partial charge on any atom is 0.347 e. The highest BCUT2D eigenvalue weighted by Gasteiger charge is 2.56. The molecule has 1 aromatic rings. The largest absolute Gasteiger partial charge is 0.391 e. The molecule has 1 unspecified atom stereocenters. The molecule has 1 saturated heterocycles. The van der Waals surface area contributed by atoms with Crippen LogP contribution in [0, 0.1) is 12.3 Å². The lowest BCUT2D eigenvalue weighted by molar-refractivity contribution is -0.0817. The van der Waals surface area contributed by atoms with E-state index in [0.29, 0.717) is 0 Å². The summed E-state index contributed by atoms with van der Waals surface area (Å²) in [6.45, 7) is 1.39. The zero-order valence-corrected chi connectivity index (χ0v) is 10.6. The fraction of sp³-hybridized carbons (Fsp3) is 0.545. The molecule has 108 valence electrons. The summed E-state index contributed by atoms with van der Waals surface area (Å²) in [5.74, 6) is 2.17. The summed E-state index contributed by atoms with van der Waals surface area (Å²) in [6, 6.07) is 0. The average molecular weight is 282 g/mol. The second-order valence-corrected chi connectivity index (χ2v) is 4.60. The Morgan fingerprint density at radius 3 is 2.85 bits per heavy atom. The number of aromatic nitrogens is 3. The minimum Gasteiger partial charge on any atom is -0.391 e. The van der Waals surface area contributed by atoms with Gasteiger partial charge >= 0.3 is 5.69 Å². The fourth-order valence-corrected chi connectivity index (χ4v) is 2.08. The maximum absolute atomic E-state index is 11.7. The highest BCUT2D eigenvalue weighted by Crippen LogP contribution is 2.36. The van der Waals surface area contributed by atoms with E-state index in [1.807, 2.05) is 4.98 Å². The molecule has 0 radical (unpaired) electrons. The van der Waals surface area contributed by atoms with Gasteiger partial charge in [-0.2, -0.15) is 9.78 Å². The first kappa shape index (κ1) is 14.4. The van der Waals surface area contributed by atoms with Crippen LogP contribution >= 0.6 is 0 Å². The molecule has 5 N–H and O–H groups in total. The highest BCUT2D eigenvalue weighted by atomic mass is 16.6. The molecule has 0 amide bonds. The smallest absolute Gasteiger partial charge is 0.347 e. The Bertz CT molecular complexity index is 660. The van der Waals surface area contributed by atoms with Crippen LogP contribution in [0.2, 0.25) is 0 Å². The number of nitrogens with two attached hydrogens (primary N) is 1. The summed E-state index contributed by atoms with van der Waals surface area (Å²) in [7, 11) is 0. The molecule has 0 spiro atoms. The van der Waals surface area contributed by atoms with Crippen molar-refractivity contribution in [1.82, 2.24) is 14.8 Å². The Kier molecular flexibility index (Phi) is 3.49. The number of aromatic amines is 1. The fourth-order valence-electron chi connectivity index (χ4n) is 2.08. The predicted molar refractivity (Wildman–Crippen MR) is 66.5 cm³/mol. The Morgan fingerprint density at radius 2 is 2.35 bits per heavy atom.